The Balaban J connectivity index is 0.00000231. The van der Waals surface area contributed by atoms with Crippen LogP contribution >= 0.6 is 0 Å². The number of hydrogen-bond acceptors (Lipinski definition) is 5. The number of rotatable bonds is 2. The van der Waals surface area contributed by atoms with Crippen LogP contribution in [0.4, 0.5) is 19.0 Å². The average Bonchev–Trinajstić information content (AvgIpc) is 3.37. The van der Waals surface area contributed by atoms with Gasteiger partial charge in [0.15, 0.2) is 5.65 Å². The summed E-state index contributed by atoms with van der Waals surface area (Å²) < 4.78 is 41.4. The van der Waals surface area contributed by atoms with Gasteiger partial charge in [-0.3, -0.25) is 5.10 Å². The number of halogens is 3. The van der Waals surface area contributed by atoms with Gasteiger partial charge in [-0.2, -0.15) is 18.3 Å². The van der Waals surface area contributed by atoms with Gasteiger partial charge in [-0.05, 0) is 43.5 Å². The fourth-order valence-corrected chi connectivity index (χ4v) is 5.06. The van der Waals surface area contributed by atoms with Crippen molar-refractivity contribution in [2.75, 3.05) is 18.0 Å². The Labute approximate surface area is 173 Å². The molecule has 9 heteroatoms. The highest BCUT2D eigenvalue weighted by Gasteiger charge is 2.44. The Morgan fingerprint density at radius 3 is 2.77 bits per heavy atom. The van der Waals surface area contributed by atoms with E-state index >= 15 is 0 Å². The number of nitrogens with zero attached hydrogens (tertiary/aromatic N) is 4. The lowest BCUT2D eigenvalue weighted by molar-refractivity contribution is -0.137. The minimum Gasteiger partial charge on any atom is -0.356 e. The maximum absolute atomic E-state index is 13.8. The maximum atomic E-state index is 13.8. The van der Waals surface area contributed by atoms with Crippen molar-refractivity contribution in [3.8, 4) is 11.4 Å². The van der Waals surface area contributed by atoms with Crippen molar-refractivity contribution in [2.45, 2.75) is 44.3 Å². The van der Waals surface area contributed by atoms with Crippen molar-refractivity contribution < 1.29 is 14.6 Å². The first-order chi connectivity index (χ1) is 14.4. The van der Waals surface area contributed by atoms with Crippen LogP contribution in [-0.2, 0) is 6.18 Å². The molecule has 0 aromatic carbocycles. The van der Waals surface area contributed by atoms with Gasteiger partial charge >= 0.3 is 6.18 Å². The summed E-state index contributed by atoms with van der Waals surface area (Å²) in [7, 11) is 0. The van der Waals surface area contributed by atoms with E-state index in [0.29, 0.717) is 23.4 Å². The zero-order chi connectivity index (χ0) is 20.9. The molecule has 0 amide bonds. The summed E-state index contributed by atoms with van der Waals surface area (Å²) >= 11 is 0. The van der Waals surface area contributed by atoms with Crippen LogP contribution in [0.5, 0.6) is 0 Å². The largest absolute Gasteiger partial charge is 0.418 e. The molecule has 1 saturated heterocycles. The summed E-state index contributed by atoms with van der Waals surface area (Å²) in [5.41, 5.74) is 6.15. The molecule has 1 aliphatic heterocycles. The SMILES string of the molecule is NC1CCN(c2ccc(C(F)(F)F)c(-c3[nH]nc4ncccc34)n2)CC12CCCC2.[HH]. The first-order valence-corrected chi connectivity index (χ1v) is 10.3. The molecule has 30 heavy (non-hydrogen) atoms. The third kappa shape index (κ3) is 3.12. The molecule has 1 spiro atoms. The highest BCUT2D eigenvalue weighted by molar-refractivity contribution is 5.90. The molecule has 3 aromatic heterocycles. The van der Waals surface area contributed by atoms with Gasteiger partial charge in [-0.1, -0.05) is 12.8 Å². The molecule has 1 aliphatic carbocycles. The Morgan fingerprint density at radius 1 is 1.20 bits per heavy atom. The molecule has 0 bridgehead atoms. The van der Waals surface area contributed by atoms with E-state index in [0.717, 1.165) is 44.7 Å². The van der Waals surface area contributed by atoms with Gasteiger partial charge < -0.3 is 10.6 Å². The molecule has 1 unspecified atom stereocenters. The normalized spacial score (nSPS) is 21.6. The Morgan fingerprint density at radius 2 is 2.00 bits per heavy atom. The van der Waals surface area contributed by atoms with Crippen molar-refractivity contribution in [3.63, 3.8) is 0 Å². The van der Waals surface area contributed by atoms with Gasteiger partial charge in [-0.15, -0.1) is 0 Å². The van der Waals surface area contributed by atoms with Crippen molar-refractivity contribution >= 4 is 16.9 Å². The van der Waals surface area contributed by atoms with Crippen LogP contribution in [0, 0.1) is 5.41 Å². The molecule has 160 valence electrons. The molecule has 5 rings (SSSR count). The zero-order valence-electron chi connectivity index (χ0n) is 16.4. The number of anilines is 1. The van der Waals surface area contributed by atoms with Crippen molar-refractivity contribution in [1.82, 2.24) is 20.2 Å². The third-order valence-electron chi connectivity index (χ3n) is 6.68. The number of aromatic amines is 1. The molecule has 1 atom stereocenters. The number of pyridine rings is 2. The fourth-order valence-electron chi connectivity index (χ4n) is 5.06. The van der Waals surface area contributed by atoms with Gasteiger partial charge in [0.1, 0.15) is 11.5 Å². The first kappa shape index (κ1) is 19.3. The van der Waals surface area contributed by atoms with E-state index in [2.05, 4.69) is 25.1 Å². The lowest BCUT2D eigenvalue weighted by atomic mass is 9.74. The number of alkyl halides is 3. The van der Waals surface area contributed by atoms with E-state index in [4.69, 9.17) is 5.73 Å². The van der Waals surface area contributed by atoms with E-state index in [1.165, 1.54) is 6.07 Å². The summed E-state index contributed by atoms with van der Waals surface area (Å²) in [5.74, 6) is 0.544. The third-order valence-corrected chi connectivity index (χ3v) is 6.68. The van der Waals surface area contributed by atoms with Crippen LogP contribution < -0.4 is 10.6 Å². The maximum Gasteiger partial charge on any atom is 0.418 e. The molecular formula is C21H25F3N6. The van der Waals surface area contributed by atoms with Crippen LogP contribution in [0.3, 0.4) is 0 Å². The molecule has 1 saturated carbocycles. The molecule has 2 fully saturated rings. The van der Waals surface area contributed by atoms with E-state index in [1.807, 2.05) is 0 Å². The highest BCUT2D eigenvalue weighted by atomic mass is 19.4. The fraction of sp³-hybridized carbons (Fsp3) is 0.476. The number of H-pyrrole nitrogens is 1. The number of fused-ring (bicyclic) bond motifs is 1. The van der Waals surface area contributed by atoms with Crippen molar-refractivity contribution in [1.29, 1.82) is 0 Å². The van der Waals surface area contributed by atoms with Gasteiger partial charge in [0, 0.05) is 37.6 Å². The van der Waals surface area contributed by atoms with E-state index in [9.17, 15) is 13.2 Å². The molecule has 4 heterocycles. The number of hydrogen-bond donors (Lipinski definition) is 2. The van der Waals surface area contributed by atoms with E-state index in [-0.39, 0.29) is 24.3 Å². The molecule has 0 radical (unpaired) electrons. The lowest BCUT2D eigenvalue weighted by Crippen LogP contribution is -2.54. The standard InChI is InChI=1S/C21H23F3N6.H2/c22-21(23,24)14-5-6-16(30-11-7-15(25)20(12-30)8-1-2-9-20)27-18(14)17-13-4-3-10-26-19(13)29-28-17;/h3-6,10,15H,1-2,7-9,11-12,25H2,(H,26,28,29);1H. The van der Waals surface area contributed by atoms with Crippen LogP contribution in [0.15, 0.2) is 30.5 Å². The minimum atomic E-state index is -4.53. The quantitative estimate of drug-likeness (QED) is 0.645. The van der Waals surface area contributed by atoms with Gasteiger partial charge in [0.05, 0.1) is 11.3 Å². The number of aromatic nitrogens is 4. The second-order valence-corrected chi connectivity index (χ2v) is 8.42. The summed E-state index contributed by atoms with van der Waals surface area (Å²) in [4.78, 5) is 10.7. The summed E-state index contributed by atoms with van der Waals surface area (Å²) in [6.07, 6.45) is 2.27. The van der Waals surface area contributed by atoms with Crippen LogP contribution in [-0.4, -0.2) is 39.3 Å². The first-order valence-electron chi connectivity index (χ1n) is 10.3. The van der Waals surface area contributed by atoms with E-state index in [1.54, 1.807) is 18.3 Å². The van der Waals surface area contributed by atoms with Crippen molar-refractivity contribution in [3.05, 3.63) is 36.0 Å². The Hall–Kier alpha value is -2.68. The monoisotopic (exact) mass is 418 g/mol. The molecular weight excluding hydrogens is 393 g/mol. The van der Waals surface area contributed by atoms with Gasteiger partial charge in [0.25, 0.3) is 0 Å². The Bertz CT molecular complexity index is 1080. The van der Waals surface area contributed by atoms with Gasteiger partial charge in [-0.25, -0.2) is 9.97 Å². The Kier molecular flexibility index (Phi) is 4.46. The predicted octanol–water partition coefficient (Wildman–Crippen LogP) is 4.38. The smallest absolute Gasteiger partial charge is 0.356 e. The average molecular weight is 418 g/mol. The lowest BCUT2D eigenvalue weighted by Gasteiger charge is -2.45. The summed E-state index contributed by atoms with van der Waals surface area (Å²) in [6, 6.07) is 6.10. The topological polar surface area (TPSA) is 83.7 Å². The van der Waals surface area contributed by atoms with Crippen LogP contribution in [0.1, 0.15) is 39.1 Å². The van der Waals surface area contributed by atoms with Crippen LogP contribution in [0.25, 0.3) is 22.4 Å². The molecule has 3 aromatic rings. The highest BCUT2D eigenvalue weighted by Crippen LogP contribution is 2.45. The zero-order valence-corrected chi connectivity index (χ0v) is 16.4. The van der Waals surface area contributed by atoms with Gasteiger partial charge in [0.2, 0.25) is 0 Å². The second-order valence-electron chi connectivity index (χ2n) is 8.42. The number of nitrogens with one attached hydrogen (secondary N) is 1. The summed E-state index contributed by atoms with van der Waals surface area (Å²) in [5, 5.41) is 7.28. The molecule has 2 aliphatic rings. The minimum absolute atomic E-state index is 0. The summed E-state index contributed by atoms with van der Waals surface area (Å²) in [6.45, 7) is 1.42. The van der Waals surface area contributed by atoms with Crippen LogP contribution in [0.2, 0.25) is 0 Å². The molecule has 3 N–H and O–H groups in total. The second kappa shape index (κ2) is 6.94. The predicted molar refractivity (Wildman–Crippen MR) is 110 cm³/mol. The molecule has 6 nitrogen and oxygen atoms in total. The number of nitrogens with two attached hydrogens (primary N) is 1. The van der Waals surface area contributed by atoms with Crippen molar-refractivity contribution in [2.24, 2.45) is 11.1 Å². The van der Waals surface area contributed by atoms with E-state index < -0.39 is 11.7 Å². The number of piperidine rings is 1.